The Labute approximate surface area is 118 Å². The van der Waals surface area contributed by atoms with Crippen LogP contribution in [0.5, 0.6) is 0 Å². The smallest absolute Gasteiger partial charge is 0.234 e. The minimum absolute atomic E-state index is 0.160. The summed E-state index contributed by atoms with van der Waals surface area (Å²) < 4.78 is 0. The molecule has 0 radical (unpaired) electrons. The lowest BCUT2D eigenvalue weighted by atomic mass is 9.95. The van der Waals surface area contributed by atoms with Gasteiger partial charge in [0.1, 0.15) is 0 Å². The van der Waals surface area contributed by atoms with Gasteiger partial charge in [-0.2, -0.15) is 0 Å². The van der Waals surface area contributed by atoms with Gasteiger partial charge >= 0.3 is 0 Å². The van der Waals surface area contributed by atoms with Crippen LogP contribution >= 0.6 is 0 Å². The highest BCUT2D eigenvalue weighted by Gasteiger charge is 2.17. The van der Waals surface area contributed by atoms with Crippen LogP contribution in [-0.4, -0.2) is 43.0 Å². The molecule has 112 valence electrons. The van der Waals surface area contributed by atoms with E-state index >= 15 is 0 Å². The third-order valence-electron chi connectivity index (χ3n) is 4.08. The number of rotatable bonds is 7. The van der Waals surface area contributed by atoms with Crippen LogP contribution in [0, 0.1) is 5.92 Å². The molecule has 0 aromatic carbocycles. The maximum atomic E-state index is 11.9. The molecule has 0 aromatic heterocycles. The molecule has 1 fully saturated rings. The fourth-order valence-corrected chi connectivity index (χ4v) is 2.55. The summed E-state index contributed by atoms with van der Waals surface area (Å²) in [6.07, 6.45) is 7.07. The van der Waals surface area contributed by atoms with Gasteiger partial charge in [-0.15, -0.1) is 0 Å². The zero-order valence-electron chi connectivity index (χ0n) is 12.8. The third-order valence-corrected chi connectivity index (χ3v) is 4.08. The Morgan fingerprint density at radius 2 is 1.95 bits per heavy atom. The van der Waals surface area contributed by atoms with E-state index < -0.39 is 0 Å². The molecule has 1 saturated carbocycles. The number of hydrogen-bond acceptors (Lipinski definition) is 3. The predicted octanol–water partition coefficient (Wildman–Crippen LogP) is 1.74. The second-order valence-electron chi connectivity index (χ2n) is 6.34. The molecule has 19 heavy (non-hydrogen) atoms. The molecule has 1 aliphatic rings. The molecule has 3 N–H and O–H groups in total. The maximum Gasteiger partial charge on any atom is 0.234 e. The van der Waals surface area contributed by atoms with E-state index in [-0.39, 0.29) is 11.9 Å². The van der Waals surface area contributed by atoms with Gasteiger partial charge in [-0.3, -0.25) is 9.69 Å². The highest BCUT2D eigenvalue weighted by atomic mass is 16.2. The van der Waals surface area contributed by atoms with Crippen molar-refractivity contribution in [2.45, 2.75) is 64.5 Å². The van der Waals surface area contributed by atoms with Crippen molar-refractivity contribution in [3.63, 3.8) is 0 Å². The van der Waals surface area contributed by atoms with Crippen LogP contribution in [0.25, 0.3) is 0 Å². The average molecular weight is 269 g/mol. The molecule has 0 spiro atoms. The molecular weight excluding hydrogens is 238 g/mol. The molecule has 1 unspecified atom stereocenters. The first-order chi connectivity index (χ1) is 8.99. The summed E-state index contributed by atoms with van der Waals surface area (Å²) in [5.74, 6) is 0.664. The SMILES string of the molecule is CC(C)C(N)CCN(C)CC(=O)NC1CCCCC1. The highest BCUT2D eigenvalue weighted by Crippen LogP contribution is 2.17. The van der Waals surface area contributed by atoms with Gasteiger partial charge in [0.05, 0.1) is 6.54 Å². The zero-order chi connectivity index (χ0) is 14.3. The number of likely N-dealkylation sites (N-methyl/N-ethyl adjacent to an activating group) is 1. The summed E-state index contributed by atoms with van der Waals surface area (Å²) in [6, 6.07) is 0.636. The Morgan fingerprint density at radius 3 is 2.53 bits per heavy atom. The van der Waals surface area contributed by atoms with E-state index in [1.807, 2.05) is 7.05 Å². The minimum Gasteiger partial charge on any atom is -0.352 e. The first kappa shape index (κ1) is 16.4. The van der Waals surface area contributed by atoms with Crippen LogP contribution in [0.1, 0.15) is 52.4 Å². The molecule has 0 saturated heterocycles. The van der Waals surface area contributed by atoms with Gasteiger partial charge in [-0.1, -0.05) is 33.1 Å². The summed E-state index contributed by atoms with van der Waals surface area (Å²) in [5, 5.41) is 3.15. The highest BCUT2D eigenvalue weighted by molar-refractivity contribution is 5.78. The summed E-state index contributed by atoms with van der Waals surface area (Å²) in [7, 11) is 1.99. The molecule has 1 amide bonds. The van der Waals surface area contributed by atoms with Crippen molar-refractivity contribution in [3.05, 3.63) is 0 Å². The van der Waals surface area contributed by atoms with E-state index in [2.05, 4.69) is 24.1 Å². The van der Waals surface area contributed by atoms with E-state index in [1.54, 1.807) is 0 Å². The quantitative estimate of drug-likeness (QED) is 0.740. The topological polar surface area (TPSA) is 58.4 Å². The van der Waals surface area contributed by atoms with Crippen molar-refractivity contribution in [1.82, 2.24) is 10.2 Å². The van der Waals surface area contributed by atoms with Crippen molar-refractivity contribution in [2.75, 3.05) is 20.1 Å². The number of nitrogens with zero attached hydrogens (tertiary/aromatic N) is 1. The minimum atomic E-state index is 0.160. The third kappa shape index (κ3) is 6.92. The van der Waals surface area contributed by atoms with E-state index in [4.69, 9.17) is 5.73 Å². The number of carbonyl (C=O) groups excluding carboxylic acids is 1. The lowest BCUT2D eigenvalue weighted by Crippen LogP contribution is -2.42. The van der Waals surface area contributed by atoms with Crippen LogP contribution in [-0.2, 0) is 4.79 Å². The first-order valence-electron chi connectivity index (χ1n) is 7.72. The second-order valence-corrected chi connectivity index (χ2v) is 6.34. The van der Waals surface area contributed by atoms with Crippen LogP contribution < -0.4 is 11.1 Å². The van der Waals surface area contributed by atoms with Crippen LogP contribution in [0.2, 0.25) is 0 Å². The standard InChI is InChI=1S/C15H31N3O/c1-12(2)14(16)9-10-18(3)11-15(19)17-13-7-5-4-6-8-13/h12-14H,4-11,16H2,1-3H3,(H,17,19). The number of carbonyl (C=O) groups is 1. The Morgan fingerprint density at radius 1 is 1.32 bits per heavy atom. The lowest BCUT2D eigenvalue weighted by Gasteiger charge is -2.25. The van der Waals surface area contributed by atoms with Gasteiger partial charge in [0.2, 0.25) is 5.91 Å². The van der Waals surface area contributed by atoms with Gasteiger partial charge in [-0.25, -0.2) is 0 Å². The van der Waals surface area contributed by atoms with Gasteiger partial charge in [0.15, 0.2) is 0 Å². The first-order valence-corrected chi connectivity index (χ1v) is 7.72. The maximum absolute atomic E-state index is 11.9. The van der Waals surface area contributed by atoms with Crippen molar-refractivity contribution >= 4 is 5.91 Å². The van der Waals surface area contributed by atoms with Crippen LogP contribution in [0.15, 0.2) is 0 Å². The zero-order valence-corrected chi connectivity index (χ0v) is 12.8. The number of nitrogens with one attached hydrogen (secondary N) is 1. The summed E-state index contributed by atoms with van der Waals surface area (Å²) in [5.41, 5.74) is 6.02. The van der Waals surface area contributed by atoms with E-state index in [0.717, 1.165) is 25.8 Å². The molecule has 4 nitrogen and oxygen atoms in total. The molecule has 0 heterocycles. The van der Waals surface area contributed by atoms with Crippen molar-refractivity contribution in [1.29, 1.82) is 0 Å². The number of nitrogens with two attached hydrogens (primary N) is 1. The molecular formula is C15H31N3O. The van der Waals surface area contributed by atoms with Crippen molar-refractivity contribution < 1.29 is 4.79 Å². The number of amides is 1. The number of hydrogen-bond donors (Lipinski definition) is 2. The van der Waals surface area contributed by atoms with Gasteiger partial charge in [-0.05, 0) is 38.8 Å². The largest absolute Gasteiger partial charge is 0.352 e. The van der Waals surface area contributed by atoms with Crippen molar-refractivity contribution in [3.8, 4) is 0 Å². The molecule has 4 heteroatoms. The van der Waals surface area contributed by atoms with E-state index in [0.29, 0.717) is 18.5 Å². The molecule has 0 aromatic rings. The fourth-order valence-electron chi connectivity index (χ4n) is 2.55. The molecule has 1 aliphatic carbocycles. The molecule has 0 bridgehead atoms. The van der Waals surface area contributed by atoms with E-state index in [9.17, 15) is 4.79 Å². The van der Waals surface area contributed by atoms with Crippen LogP contribution in [0.4, 0.5) is 0 Å². The molecule has 1 atom stereocenters. The normalized spacial score (nSPS) is 18.8. The molecule has 0 aliphatic heterocycles. The molecule has 1 rings (SSSR count). The monoisotopic (exact) mass is 269 g/mol. The Balaban J connectivity index is 2.16. The Hall–Kier alpha value is -0.610. The predicted molar refractivity (Wildman–Crippen MR) is 79.9 cm³/mol. The van der Waals surface area contributed by atoms with Gasteiger partial charge in [0, 0.05) is 12.1 Å². The lowest BCUT2D eigenvalue weighted by molar-refractivity contribution is -0.122. The summed E-state index contributed by atoms with van der Waals surface area (Å²) in [6.45, 7) is 5.65. The Kier molecular flexibility index (Phi) is 7.39. The summed E-state index contributed by atoms with van der Waals surface area (Å²) in [4.78, 5) is 14.0. The fraction of sp³-hybridized carbons (Fsp3) is 0.933. The summed E-state index contributed by atoms with van der Waals surface area (Å²) >= 11 is 0. The van der Waals surface area contributed by atoms with Gasteiger partial charge in [0.25, 0.3) is 0 Å². The Bertz CT molecular complexity index is 262. The van der Waals surface area contributed by atoms with Gasteiger partial charge < -0.3 is 11.1 Å². The van der Waals surface area contributed by atoms with E-state index in [1.165, 1.54) is 19.3 Å². The average Bonchev–Trinajstić information content (AvgIpc) is 2.36. The van der Waals surface area contributed by atoms with Crippen molar-refractivity contribution in [2.24, 2.45) is 11.7 Å². The second kappa shape index (κ2) is 8.54. The van der Waals surface area contributed by atoms with Crippen LogP contribution in [0.3, 0.4) is 0 Å².